The molecule has 0 N–H and O–H groups in total. The second-order valence-corrected chi connectivity index (χ2v) is 8.45. The van der Waals surface area contributed by atoms with E-state index in [0.29, 0.717) is 11.8 Å². The molecule has 4 heterocycles. The number of carbonyl (C=O) groups excluding carboxylic acids is 1. The molecule has 26 heavy (non-hydrogen) atoms. The largest absolute Gasteiger partial charge is 0.342 e. The summed E-state index contributed by atoms with van der Waals surface area (Å²) in [5.74, 6) is 0.922. The quantitative estimate of drug-likeness (QED) is 0.698. The minimum Gasteiger partial charge on any atom is -0.342 e. The topological polar surface area (TPSA) is 51.0 Å². The average molecular weight is 366 g/mol. The number of likely N-dealkylation sites (tertiary alicyclic amines) is 1. The number of hydrogen-bond donors (Lipinski definition) is 0. The van der Waals surface area contributed by atoms with E-state index in [1.807, 2.05) is 29.9 Å². The van der Waals surface area contributed by atoms with Crippen molar-refractivity contribution >= 4 is 27.5 Å². The van der Waals surface area contributed by atoms with Crippen LogP contribution in [0.15, 0.2) is 36.8 Å². The molecule has 5 rings (SSSR count). The molecule has 0 spiro atoms. The Morgan fingerprint density at radius 2 is 2.00 bits per heavy atom. The van der Waals surface area contributed by atoms with E-state index in [2.05, 4.69) is 32.7 Å². The molecular formula is C20H22N4OS. The summed E-state index contributed by atoms with van der Waals surface area (Å²) in [5, 5.41) is 1.24. The van der Waals surface area contributed by atoms with Gasteiger partial charge in [-0.25, -0.2) is 9.97 Å². The summed E-state index contributed by atoms with van der Waals surface area (Å²) >= 11 is 1.81. The van der Waals surface area contributed by atoms with Gasteiger partial charge in [0.2, 0.25) is 5.91 Å². The predicted molar refractivity (Wildman–Crippen MR) is 102 cm³/mol. The van der Waals surface area contributed by atoms with Crippen LogP contribution in [0.4, 0.5) is 0 Å². The van der Waals surface area contributed by atoms with Gasteiger partial charge in [0.05, 0.1) is 27.5 Å². The fourth-order valence-corrected chi connectivity index (χ4v) is 5.38. The van der Waals surface area contributed by atoms with Crippen LogP contribution in [0, 0.1) is 5.92 Å². The standard InChI is InChI=1S/C20H22N4OS/c25-20(15-5-6-16-11-21-13-24(16)12-15)23-9-7-14(8-10-23)19-22-17-3-1-2-4-18(17)26-19/h1-4,11,13-15H,5-10,12H2. The van der Waals surface area contributed by atoms with Crippen molar-refractivity contribution in [3.63, 3.8) is 0 Å². The van der Waals surface area contributed by atoms with Crippen molar-refractivity contribution in [2.75, 3.05) is 13.1 Å². The number of fused-ring (bicyclic) bond motifs is 2. The van der Waals surface area contributed by atoms with Gasteiger partial charge >= 0.3 is 0 Å². The minimum absolute atomic E-state index is 0.107. The highest BCUT2D eigenvalue weighted by molar-refractivity contribution is 7.18. The molecule has 0 aliphatic carbocycles. The van der Waals surface area contributed by atoms with Gasteiger partial charge in [-0.1, -0.05) is 12.1 Å². The second kappa shape index (κ2) is 6.50. The van der Waals surface area contributed by atoms with E-state index in [-0.39, 0.29) is 5.92 Å². The Bertz CT molecular complexity index is 905. The number of carbonyl (C=O) groups is 1. The van der Waals surface area contributed by atoms with Crippen LogP contribution >= 0.6 is 11.3 Å². The number of hydrogen-bond acceptors (Lipinski definition) is 4. The number of benzene rings is 1. The molecule has 134 valence electrons. The monoisotopic (exact) mass is 366 g/mol. The molecule has 0 radical (unpaired) electrons. The van der Waals surface area contributed by atoms with Gasteiger partial charge < -0.3 is 9.47 Å². The number of imidazole rings is 1. The first-order chi connectivity index (χ1) is 12.8. The number of para-hydroxylation sites is 1. The van der Waals surface area contributed by atoms with Crippen LogP contribution in [0.25, 0.3) is 10.2 Å². The van der Waals surface area contributed by atoms with E-state index in [1.54, 1.807) is 0 Å². The molecule has 0 saturated carbocycles. The molecule has 1 saturated heterocycles. The lowest BCUT2D eigenvalue weighted by Crippen LogP contribution is -2.43. The van der Waals surface area contributed by atoms with Crippen LogP contribution in [0.5, 0.6) is 0 Å². The number of aromatic nitrogens is 3. The van der Waals surface area contributed by atoms with E-state index in [0.717, 1.165) is 50.8 Å². The Morgan fingerprint density at radius 3 is 2.85 bits per heavy atom. The van der Waals surface area contributed by atoms with Crippen molar-refractivity contribution in [1.29, 1.82) is 0 Å². The molecule has 1 aromatic carbocycles. The van der Waals surface area contributed by atoms with Crippen LogP contribution < -0.4 is 0 Å². The Hall–Kier alpha value is -2.21. The summed E-state index contributed by atoms with van der Waals surface area (Å²) in [7, 11) is 0. The lowest BCUT2D eigenvalue weighted by atomic mass is 9.93. The lowest BCUT2D eigenvalue weighted by molar-refractivity contribution is -0.137. The molecule has 3 aromatic rings. The fraction of sp³-hybridized carbons (Fsp3) is 0.450. The summed E-state index contributed by atoms with van der Waals surface area (Å²) in [6.45, 7) is 2.49. The molecule has 5 nitrogen and oxygen atoms in total. The Balaban J connectivity index is 1.23. The Morgan fingerprint density at radius 1 is 1.15 bits per heavy atom. The van der Waals surface area contributed by atoms with Crippen LogP contribution in [0.2, 0.25) is 0 Å². The lowest BCUT2D eigenvalue weighted by Gasteiger charge is -2.35. The van der Waals surface area contributed by atoms with E-state index < -0.39 is 0 Å². The Labute approximate surface area is 156 Å². The van der Waals surface area contributed by atoms with Gasteiger partial charge in [0.1, 0.15) is 0 Å². The molecule has 0 bridgehead atoms. The number of rotatable bonds is 2. The third-order valence-corrected chi connectivity index (χ3v) is 6.98. The molecule has 2 aromatic heterocycles. The van der Waals surface area contributed by atoms with Gasteiger partial charge in [-0.05, 0) is 37.8 Å². The smallest absolute Gasteiger partial charge is 0.227 e. The second-order valence-electron chi connectivity index (χ2n) is 7.39. The van der Waals surface area contributed by atoms with E-state index in [4.69, 9.17) is 4.98 Å². The number of aryl methyl sites for hydroxylation is 1. The number of amides is 1. The minimum atomic E-state index is 0.107. The zero-order chi connectivity index (χ0) is 17.5. The van der Waals surface area contributed by atoms with Crippen molar-refractivity contribution in [1.82, 2.24) is 19.4 Å². The first-order valence-corrected chi connectivity index (χ1v) is 10.2. The average Bonchev–Trinajstić information content (AvgIpc) is 3.33. The highest BCUT2D eigenvalue weighted by Crippen LogP contribution is 2.34. The molecule has 6 heteroatoms. The fourth-order valence-electron chi connectivity index (χ4n) is 4.24. The first-order valence-electron chi connectivity index (χ1n) is 9.41. The summed E-state index contributed by atoms with van der Waals surface area (Å²) < 4.78 is 3.40. The predicted octanol–water partition coefficient (Wildman–Crippen LogP) is 3.46. The third kappa shape index (κ3) is 2.82. The van der Waals surface area contributed by atoms with Gasteiger partial charge in [-0.2, -0.15) is 0 Å². The number of nitrogens with zero attached hydrogens (tertiary/aromatic N) is 4. The molecule has 1 amide bonds. The summed E-state index contributed by atoms with van der Waals surface area (Å²) in [5.41, 5.74) is 2.35. The first kappa shape index (κ1) is 16.0. The number of thiazole rings is 1. The van der Waals surface area contributed by atoms with Gasteiger partial charge in [0.15, 0.2) is 0 Å². The highest BCUT2D eigenvalue weighted by atomic mass is 32.1. The third-order valence-electron chi connectivity index (χ3n) is 5.78. The van der Waals surface area contributed by atoms with Crippen LogP contribution in [-0.4, -0.2) is 38.4 Å². The molecule has 1 fully saturated rings. The highest BCUT2D eigenvalue weighted by Gasteiger charge is 2.31. The number of piperidine rings is 1. The van der Waals surface area contributed by atoms with Crippen molar-refractivity contribution in [2.45, 2.75) is 38.1 Å². The molecule has 1 unspecified atom stereocenters. The van der Waals surface area contributed by atoms with Crippen LogP contribution in [-0.2, 0) is 17.8 Å². The van der Waals surface area contributed by atoms with Gasteiger partial charge in [-0.3, -0.25) is 4.79 Å². The van der Waals surface area contributed by atoms with Crippen LogP contribution in [0.1, 0.15) is 35.9 Å². The molecular weight excluding hydrogens is 344 g/mol. The zero-order valence-electron chi connectivity index (χ0n) is 14.7. The Kier molecular flexibility index (Phi) is 4.00. The molecule has 2 aliphatic heterocycles. The molecule has 1 atom stereocenters. The van der Waals surface area contributed by atoms with E-state index in [9.17, 15) is 4.79 Å². The maximum Gasteiger partial charge on any atom is 0.227 e. The normalized spacial score (nSPS) is 21.1. The van der Waals surface area contributed by atoms with E-state index >= 15 is 0 Å². The van der Waals surface area contributed by atoms with Crippen molar-refractivity contribution < 1.29 is 4.79 Å². The summed E-state index contributed by atoms with van der Waals surface area (Å²) in [6.07, 6.45) is 7.72. The summed E-state index contributed by atoms with van der Waals surface area (Å²) in [6, 6.07) is 8.34. The SMILES string of the molecule is O=C(C1CCc2cncn2C1)N1CCC(c2nc3ccccc3s2)CC1. The van der Waals surface area contributed by atoms with E-state index in [1.165, 1.54) is 15.4 Å². The molecule has 2 aliphatic rings. The van der Waals surface area contributed by atoms with Gasteiger partial charge in [-0.15, -0.1) is 11.3 Å². The maximum atomic E-state index is 12.9. The van der Waals surface area contributed by atoms with Gasteiger partial charge in [0.25, 0.3) is 0 Å². The van der Waals surface area contributed by atoms with Crippen molar-refractivity contribution in [3.05, 3.63) is 47.5 Å². The van der Waals surface area contributed by atoms with Crippen molar-refractivity contribution in [3.8, 4) is 0 Å². The summed E-state index contributed by atoms with van der Waals surface area (Å²) in [4.78, 5) is 24.1. The van der Waals surface area contributed by atoms with Gasteiger partial charge in [0, 0.05) is 37.4 Å². The zero-order valence-corrected chi connectivity index (χ0v) is 15.5. The van der Waals surface area contributed by atoms with Crippen LogP contribution in [0.3, 0.4) is 0 Å². The van der Waals surface area contributed by atoms with Crippen molar-refractivity contribution in [2.24, 2.45) is 5.92 Å². The maximum absolute atomic E-state index is 12.9.